The zero-order valence-corrected chi connectivity index (χ0v) is 18.5. The first-order valence-corrected chi connectivity index (χ1v) is 11.6. The first-order valence-electron chi connectivity index (χ1n) is 9.03. The maximum Gasteiger partial charge on any atom is 0.400 e. The molecule has 0 aliphatic heterocycles. The van der Waals surface area contributed by atoms with Crippen LogP contribution < -0.4 is 5.09 Å². The first kappa shape index (κ1) is 23.8. The van der Waals surface area contributed by atoms with E-state index in [9.17, 15) is 17.7 Å². The second-order valence-electron chi connectivity index (χ2n) is 6.40. The van der Waals surface area contributed by atoms with Gasteiger partial charge in [0.2, 0.25) is 5.82 Å². The Labute approximate surface area is 186 Å². The molecule has 0 aliphatic carbocycles. The van der Waals surface area contributed by atoms with Gasteiger partial charge < -0.3 is 9.05 Å². The van der Waals surface area contributed by atoms with Gasteiger partial charge in [-0.2, -0.15) is 13.8 Å². The predicted octanol–water partition coefficient (Wildman–Crippen LogP) is 6.34. The van der Waals surface area contributed by atoms with Crippen molar-refractivity contribution in [2.75, 3.05) is 6.61 Å². The van der Waals surface area contributed by atoms with Gasteiger partial charge in [0.15, 0.2) is 0 Å². The van der Waals surface area contributed by atoms with E-state index in [4.69, 9.17) is 27.7 Å². The van der Waals surface area contributed by atoms with Crippen molar-refractivity contribution in [3.05, 3.63) is 70.3 Å². The third-order valence-corrected chi connectivity index (χ3v) is 6.77. The highest BCUT2D eigenvalue weighted by molar-refractivity contribution is 7.56. The molecule has 0 bridgehead atoms. The number of halogens is 5. The second kappa shape index (κ2) is 9.71. The van der Waals surface area contributed by atoms with E-state index in [1.54, 1.807) is 31.2 Å². The van der Waals surface area contributed by atoms with Gasteiger partial charge in [0, 0.05) is 17.1 Å². The van der Waals surface area contributed by atoms with Crippen LogP contribution in [-0.2, 0) is 27.2 Å². The van der Waals surface area contributed by atoms with E-state index in [-0.39, 0.29) is 36.3 Å². The molecule has 6 nitrogen and oxygen atoms in total. The van der Waals surface area contributed by atoms with Crippen molar-refractivity contribution in [1.29, 1.82) is 0 Å². The number of hydrogen-bond donors (Lipinski definition) is 1. The van der Waals surface area contributed by atoms with Gasteiger partial charge in [0.25, 0.3) is 7.52 Å². The molecule has 1 unspecified atom stereocenters. The number of hydrogen-bond acceptors (Lipinski definition) is 5. The smallest absolute Gasteiger partial charge is 0.331 e. The van der Waals surface area contributed by atoms with Gasteiger partial charge in [0.05, 0.1) is 12.8 Å². The van der Waals surface area contributed by atoms with Gasteiger partial charge in [-0.15, -0.1) is 0 Å². The van der Waals surface area contributed by atoms with E-state index in [1.165, 1.54) is 12.1 Å². The third-order valence-electron chi connectivity index (χ3n) is 4.16. The van der Waals surface area contributed by atoms with Crippen molar-refractivity contribution in [2.24, 2.45) is 0 Å². The van der Waals surface area contributed by atoms with Crippen molar-refractivity contribution >= 4 is 30.7 Å². The summed E-state index contributed by atoms with van der Waals surface area (Å²) in [5, 5.41) is 2.88. The number of aromatic nitrogens is 2. The molecule has 166 valence electrons. The molecule has 1 heterocycles. The zero-order valence-electron chi connectivity index (χ0n) is 16.1. The molecule has 3 rings (SSSR count). The van der Waals surface area contributed by atoms with E-state index in [1.807, 2.05) is 0 Å². The number of nitrogens with zero attached hydrogens (tertiary/aromatic N) is 2. The Morgan fingerprint density at radius 1 is 1.23 bits per heavy atom. The fourth-order valence-corrected chi connectivity index (χ4v) is 4.80. The van der Waals surface area contributed by atoms with Crippen molar-refractivity contribution in [3.63, 3.8) is 0 Å². The van der Waals surface area contributed by atoms with Gasteiger partial charge in [-0.1, -0.05) is 47.1 Å². The minimum atomic E-state index is -3.83. The molecule has 0 radical (unpaired) electrons. The van der Waals surface area contributed by atoms with Crippen LogP contribution in [-0.4, -0.2) is 16.7 Å². The minimum absolute atomic E-state index is 0.0902. The summed E-state index contributed by atoms with van der Waals surface area (Å²) in [5.41, 5.74) is 0.898. The maximum atomic E-state index is 14.7. The summed E-state index contributed by atoms with van der Waals surface area (Å²) >= 11 is 11.0. The molecule has 1 aromatic heterocycles. The molecule has 0 saturated heterocycles. The molecule has 0 amide bonds. The topological polar surface area (TPSA) is 77.2 Å². The molecule has 1 atom stereocenters. The van der Waals surface area contributed by atoms with Crippen LogP contribution in [0.2, 0.25) is 5.02 Å². The fourth-order valence-electron chi connectivity index (χ4n) is 2.70. The molecule has 2 aromatic carbocycles. The summed E-state index contributed by atoms with van der Waals surface area (Å²) in [7, 11) is -3.47. The van der Waals surface area contributed by atoms with Crippen LogP contribution in [0.1, 0.15) is 23.9 Å². The molecule has 12 heteroatoms. The van der Waals surface area contributed by atoms with Crippen LogP contribution in [0, 0.1) is 5.82 Å². The molecule has 0 saturated carbocycles. The lowest BCUT2D eigenvalue weighted by Crippen LogP contribution is -2.15. The van der Waals surface area contributed by atoms with E-state index < -0.39 is 24.6 Å². The van der Waals surface area contributed by atoms with E-state index >= 15 is 0 Å². The number of alkyl halides is 3. The van der Waals surface area contributed by atoms with E-state index in [0.717, 1.165) is 6.07 Å². The summed E-state index contributed by atoms with van der Waals surface area (Å²) in [5.74, 6) is -2.09. The lowest BCUT2D eigenvalue weighted by Gasteiger charge is -2.20. The molecule has 0 spiro atoms. The Balaban J connectivity index is 1.78. The standard InChI is InChI=1S/C19H17Cl2F3N3O3P/c1-2-29-31(28,25-10-13-5-3-4-6-15(13)20)11-14-8-7-12(9-16(14)22)17-26-18(30-27-17)19(21,23)24/h3-9H,2,10-11H2,1H3,(H,25,28). The molecule has 0 aliphatic rings. The molecule has 0 fully saturated rings. The van der Waals surface area contributed by atoms with Crippen LogP contribution in [0.15, 0.2) is 47.0 Å². The monoisotopic (exact) mass is 493 g/mol. The van der Waals surface area contributed by atoms with E-state index in [2.05, 4.69) is 19.8 Å². The van der Waals surface area contributed by atoms with Crippen molar-refractivity contribution < 1.29 is 26.8 Å². The van der Waals surface area contributed by atoms with Crippen LogP contribution in [0.3, 0.4) is 0 Å². The molecule has 31 heavy (non-hydrogen) atoms. The normalized spacial score (nSPS) is 13.9. The lowest BCUT2D eigenvalue weighted by atomic mass is 10.1. The van der Waals surface area contributed by atoms with Gasteiger partial charge in [-0.05, 0) is 41.8 Å². The maximum absolute atomic E-state index is 14.7. The Bertz CT molecular complexity index is 1110. The average molecular weight is 494 g/mol. The van der Waals surface area contributed by atoms with Gasteiger partial charge in [0.1, 0.15) is 5.82 Å². The Morgan fingerprint density at radius 2 is 1.97 bits per heavy atom. The molecule has 3 aromatic rings. The van der Waals surface area contributed by atoms with Crippen LogP contribution in [0.4, 0.5) is 13.2 Å². The SMILES string of the molecule is CCOP(=O)(Cc1ccc(-c2noc(C(F)(F)Cl)n2)cc1F)NCc1ccccc1Cl. The zero-order chi connectivity index (χ0) is 22.6. The molecular formula is C19H17Cl2F3N3O3P. The van der Waals surface area contributed by atoms with Gasteiger partial charge in [-0.3, -0.25) is 4.57 Å². The van der Waals surface area contributed by atoms with Crippen LogP contribution in [0.25, 0.3) is 11.4 Å². The minimum Gasteiger partial charge on any atom is -0.331 e. The van der Waals surface area contributed by atoms with Crippen LogP contribution >= 0.6 is 30.7 Å². The molecule has 1 N–H and O–H groups in total. The summed E-state index contributed by atoms with van der Waals surface area (Å²) in [6.07, 6.45) is -0.241. The van der Waals surface area contributed by atoms with Gasteiger partial charge in [-0.25, -0.2) is 9.48 Å². The highest BCUT2D eigenvalue weighted by Crippen LogP contribution is 2.47. The second-order valence-corrected chi connectivity index (χ2v) is 9.52. The number of nitrogens with one attached hydrogen (secondary N) is 1. The van der Waals surface area contributed by atoms with Gasteiger partial charge >= 0.3 is 11.3 Å². The summed E-state index contributed by atoms with van der Waals surface area (Å²) < 4.78 is 63.8. The van der Waals surface area contributed by atoms with Crippen molar-refractivity contribution in [1.82, 2.24) is 15.2 Å². The molecular weight excluding hydrogens is 477 g/mol. The van der Waals surface area contributed by atoms with Crippen LogP contribution in [0.5, 0.6) is 0 Å². The Kier molecular flexibility index (Phi) is 7.44. The number of rotatable bonds is 9. The summed E-state index contributed by atoms with van der Waals surface area (Å²) in [6.45, 7) is 1.98. The van der Waals surface area contributed by atoms with E-state index in [0.29, 0.717) is 10.6 Å². The van der Waals surface area contributed by atoms with Crippen molar-refractivity contribution in [2.45, 2.75) is 25.0 Å². The number of benzene rings is 2. The fraction of sp³-hybridized carbons (Fsp3) is 0.263. The van der Waals surface area contributed by atoms with Crippen molar-refractivity contribution in [3.8, 4) is 11.4 Å². The Hall–Kier alpha value is -1.90. The average Bonchev–Trinajstić information content (AvgIpc) is 3.20. The summed E-state index contributed by atoms with van der Waals surface area (Å²) in [6, 6.07) is 10.8. The highest BCUT2D eigenvalue weighted by Gasteiger charge is 2.36. The third kappa shape index (κ3) is 6.08. The quantitative estimate of drug-likeness (QED) is 0.277. The largest absolute Gasteiger partial charge is 0.400 e. The summed E-state index contributed by atoms with van der Waals surface area (Å²) in [4.78, 5) is 3.47. The highest BCUT2D eigenvalue weighted by atomic mass is 35.5. The Morgan fingerprint density at radius 3 is 2.58 bits per heavy atom. The predicted molar refractivity (Wildman–Crippen MR) is 111 cm³/mol. The lowest BCUT2D eigenvalue weighted by molar-refractivity contribution is 0.0551. The first-order chi connectivity index (χ1) is 14.6.